The Morgan fingerprint density at radius 2 is 2.03 bits per heavy atom. The fraction of sp³-hybridized carbons (Fsp3) is 0.0769. The van der Waals surface area contributed by atoms with Crippen LogP contribution >= 0.6 is 11.6 Å². The van der Waals surface area contributed by atoms with Crippen molar-refractivity contribution in [3.63, 3.8) is 0 Å². The highest BCUT2D eigenvalue weighted by molar-refractivity contribution is 6.31. The quantitative estimate of drug-likeness (QED) is 0.386. The number of nitrogens with zero attached hydrogens (tertiary/aromatic N) is 7. The van der Waals surface area contributed by atoms with Gasteiger partial charge in [0.1, 0.15) is 18.2 Å². The second-order valence-corrected chi connectivity index (χ2v) is 9.28. The van der Waals surface area contributed by atoms with E-state index in [0.717, 1.165) is 28.9 Å². The summed E-state index contributed by atoms with van der Waals surface area (Å²) in [7, 11) is 0. The molecular formula is C26H14ClFN8O. The lowest BCUT2D eigenvalue weighted by molar-refractivity contribution is 0.624. The third kappa shape index (κ3) is 3.32. The van der Waals surface area contributed by atoms with Crippen LogP contribution in [0.5, 0.6) is 0 Å². The average Bonchev–Trinajstić information content (AvgIpc) is 3.25. The zero-order chi connectivity index (χ0) is 25.3. The Morgan fingerprint density at radius 1 is 1.14 bits per heavy atom. The van der Waals surface area contributed by atoms with E-state index in [9.17, 15) is 9.18 Å². The van der Waals surface area contributed by atoms with E-state index >= 15 is 0 Å². The molecule has 2 aromatic carbocycles. The van der Waals surface area contributed by atoms with Crippen LogP contribution in [0.2, 0.25) is 5.02 Å². The van der Waals surface area contributed by atoms with Crippen molar-refractivity contribution in [1.29, 1.82) is 5.26 Å². The van der Waals surface area contributed by atoms with Gasteiger partial charge in [-0.3, -0.25) is 9.36 Å². The normalized spacial score (nSPS) is 15.4. The number of hydrogen-bond acceptors (Lipinski definition) is 6. The molecule has 0 saturated heterocycles. The highest BCUT2D eigenvalue weighted by Crippen LogP contribution is 2.56. The number of hydrogen-bond donors (Lipinski definition) is 1. The number of benzene rings is 2. The van der Waals surface area contributed by atoms with Gasteiger partial charge in [0.2, 0.25) is 0 Å². The van der Waals surface area contributed by atoms with Gasteiger partial charge in [-0.1, -0.05) is 17.7 Å². The summed E-state index contributed by atoms with van der Waals surface area (Å²) in [6.45, 7) is 0. The van der Waals surface area contributed by atoms with E-state index in [4.69, 9.17) is 16.9 Å². The number of rotatable bonds is 4. The molecule has 11 heteroatoms. The molecule has 0 spiro atoms. The highest BCUT2D eigenvalue weighted by atomic mass is 35.5. The Labute approximate surface area is 213 Å². The van der Waals surface area contributed by atoms with Crippen LogP contribution in [0, 0.1) is 17.1 Å². The number of allylic oxidation sites excluding steroid dienone is 1. The van der Waals surface area contributed by atoms with Crippen LogP contribution in [-0.4, -0.2) is 34.7 Å². The third-order valence-corrected chi connectivity index (χ3v) is 6.93. The first-order valence-corrected chi connectivity index (χ1v) is 11.7. The molecule has 178 valence electrons. The zero-order valence-electron chi connectivity index (χ0n) is 18.9. The van der Waals surface area contributed by atoms with Gasteiger partial charge in [0.05, 0.1) is 28.8 Å². The monoisotopic (exact) mass is 508 g/mol. The second-order valence-electron chi connectivity index (χ2n) is 8.84. The average molecular weight is 509 g/mol. The predicted octanol–water partition coefficient (Wildman–Crippen LogP) is 4.31. The van der Waals surface area contributed by atoms with E-state index in [1.165, 1.54) is 23.1 Å². The van der Waals surface area contributed by atoms with Crippen LogP contribution in [0.15, 0.2) is 71.4 Å². The number of imidazole rings is 1. The zero-order valence-corrected chi connectivity index (χ0v) is 19.6. The highest BCUT2D eigenvalue weighted by Gasteiger charge is 2.45. The number of tetrazole rings is 1. The number of aromatic nitrogens is 7. The summed E-state index contributed by atoms with van der Waals surface area (Å²) in [4.78, 5) is 21.2. The smallest absolute Gasteiger partial charge is 0.256 e. The van der Waals surface area contributed by atoms with Gasteiger partial charge in [-0.2, -0.15) is 9.94 Å². The fourth-order valence-electron chi connectivity index (χ4n) is 4.92. The predicted molar refractivity (Wildman–Crippen MR) is 132 cm³/mol. The molecular weight excluding hydrogens is 495 g/mol. The molecule has 4 heterocycles. The van der Waals surface area contributed by atoms with E-state index < -0.39 is 5.82 Å². The van der Waals surface area contributed by atoms with Crippen molar-refractivity contribution in [3.8, 4) is 34.1 Å². The van der Waals surface area contributed by atoms with Gasteiger partial charge >= 0.3 is 0 Å². The molecule has 1 N–H and O–H groups in total. The molecule has 7 rings (SSSR count). The number of nitrogens with one attached hydrogen (secondary N) is 1. The summed E-state index contributed by atoms with van der Waals surface area (Å²) in [5.41, 5.74) is 5.79. The maximum atomic E-state index is 14.2. The van der Waals surface area contributed by atoms with Gasteiger partial charge in [0, 0.05) is 33.8 Å². The van der Waals surface area contributed by atoms with E-state index in [0.29, 0.717) is 33.4 Å². The molecule has 2 aliphatic rings. The van der Waals surface area contributed by atoms with Gasteiger partial charge in [0.15, 0.2) is 5.82 Å². The van der Waals surface area contributed by atoms with Crippen LogP contribution in [-0.2, 0) is 0 Å². The Kier molecular flexibility index (Phi) is 4.52. The first-order chi connectivity index (χ1) is 18.0. The number of H-pyrrole nitrogens is 1. The summed E-state index contributed by atoms with van der Waals surface area (Å²) in [5.74, 6) is 0.0553. The molecule has 0 bridgehead atoms. The van der Waals surface area contributed by atoms with Crippen molar-refractivity contribution in [3.05, 3.63) is 105 Å². The van der Waals surface area contributed by atoms with E-state index in [1.807, 2.05) is 18.2 Å². The minimum atomic E-state index is -0.600. The van der Waals surface area contributed by atoms with Gasteiger partial charge in [-0.05, 0) is 64.4 Å². The van der Waals surface area contributed by atoms with Crippen LogP contribution in [0.3, 0.4) is 0 Å². The molecule has 9 nitrogen and oxygen atoms in total. The summed E-state index contributed by atoms with van der Waals surface area (Å²) in [5, 5.41) is 20.9. The van der Waals surface area contributed by atoms with Crippen LogP contribution in [0.1, 0.15) is 29.4 Å². The topological polar surface area (TPSA) is 118 Å². The number of pyridine rings is 1. The Morgan fingerprint density at radius 3 is 2.81 bits per heavy atom. The van der Waals surface area contributed by atoms with Crippen LogP contribution in [0.4, 0.5) is 4.39 Å². The van der Waals surface area contributed by atoms with E-state index in [1.54, 1.807) is 35.0 Å². The summed E-state index contributed by atoms with van der Waals surface area (Å²) in [6.07, 6.45) is 3.91. The van der Waals surface area contributed by atoms with Gasteiger partial charge in [-0.25, -0.2) is 9.37 Å². The lowest BCUT2D eigenvalue weighted by Crippen LogP contribution is -2.21. The lowest BCUT2D eigenvalue weighted by Gasteiger charge is -2.14. The molecule has 1 fully saturated rings. The summed E-state index contributed by atoms with van der Waals surface area (Å²) < 4.78 is 17.4. The lowest BCUT2D eigenvalue weighted by atomic mass is 10.0. The van der Waals surface area contributed by atoms with Gasteiger partial charge < -0.3 is 4.98 Å². The Bertz CT molecular complexity index is 1880. The third-order valence-electron chi connectivity index (χ3n) is 6.70. The first kappa shape index (κ1) is 21.4. The largest absolute Gasteiger partial charge is 0.337 e. The molecule has 1 unspecified atom stereocenters. The minimum absolute atomic E-state index is 0.0238. The molecule has 37 heavy (non-hydrogen) atoms. The molecule has 0 radical (unpaired) electrons. The fourth-order valence-corrected chi connectivity index (χ4v) is 5.09. The minimum Gasteiger partial charge on any atom is -0.337 e. The number of fused-ring (bicyclic) bond motifs is 3. The van der Waals surface area contributed by atoms with Crippen LogP contribution in [0.25, 0.3) is 33.8 Å². The number of halogens is 2. The van der Waals surface area contributed by atoms with Crippen molar-refractivity contribution in [2.75, 3.05) is 0 Å². The van der Waals surface area contributed by atoms with Gasteiger partial charge in [0.25, 0.3) is 5.56 Å². The molecule has 0 amide bonds. The maximum Gasteiger partial charge on any atom is 0.256 e. The van der Waals surface area contributed by atoms with E-state index in [2.05, 4.69) is 25.5 Å². The standard InChI is InChI=1S/C26H14ClFN8O/c27-16-3-4-22(35-12-31-33-34-35)17(8-16)15-6-23-18-9-19(18)25(36(23)24(37)7-15)26-30-11-21(32-26)13-1-2-14(10-29)20(28)5-13/h1-8,11-12,18H,9H2,(H,30,32). The Hall–Kier alpha value is -4.88. The second kappa shape index (κ2) is 7.81. The van der Waals surface area contributed by atoms with Crippen molar-refractivity contribution < 1.29 is 4.39 Å². The molecule has 5 aromatic rings. The van der Waals surface area contributed by atoms with Crippen molar-refractivity contribution in [1.82, 2.24) is 34.7 Å². The first-order valence-electron chi connectivity index (χ1n) is 11.3. The number of aromatic amines is 1. The van der Waals surface area contributed by atoms with Crippen LogP contribution < -0.4 is 5.56 Å². The Balaban J connectivity index is 1.30. The van der Waals surface area contributed by atoms with E-state index in [-0.39, 0.29) is 17.0 Å². The van der Waals surface area contributed by atoms with Gasteiger partial charge in [-0.15, -0.1) is 5.10 Å². The number of nitriles is 1. The summed E-state index contributed by atoms with van der Waals surface area (Å²) in [6, 6.07) is 15.1. The van der Waals surface area contributed by atoms with Crippen molar-refractivity contribution in [2.45, 2.75) is 12.3 Å². The van der Waals surface area contributed by atoms with Crippen molar-refractivity contribution >= 4 is 17.3 Å². The maximum absolute atomic E-state index is 14.2. The molecule has 3 aromatic heterocycles. The molecule has 1 aliphatic heterocycles. The summed E-state index contributed by atoms with van der Waals surface area (Å²) >= 11 is 6.30. The molecule has 1 saturated carbocycles. The van der Waals surface area contributed by atoms with Crippen molar-refractivity contribution in [2.24, 2.45) is 0 Å². The molecule has 1 aliphatic carbocycles. The SMILES string of the molecule is N#Cc1ccc(-c2cnc(C3=C4CC4c4cc(-c5cc(Cl)ccc5-n5cnnn5)cc(=O)n43)[nH]2)cc1F. The molecule has 1 atom stereocenters.